The Morgan fingerprint density at radius 2 is 0.378 bits per heavy atom. The first-order valence-electron chi connectivity index (χ1n) is 40.8. The standard InChI is InChI=1S/C70H52.C44H32N2.BHNP/c1-4-19-52(20-5-1)68(64-43-28-49-16-10-13-25-61(49)46-64)58-37-31-55(32-38-58)67(56-33-39-59(40-34-56)69(53-21-6-2-7-22-53)65-44-29-50-17-11-14-26-62(50)47-65)57-35-41-60(42-36-57)70(54-23-8-3-9-24-54)66-45-30-51-18-12-15-27-63(51)48-66;1-3-17-37(18-4-1)45(43-23-11-15-35-13-7-9-21-41(35)43)39-29-25-33(26-30-39)34-27-31-40(32-28-34)46(38-19-5-2-6-20-38)44-24-12-16-36-14-8-10-22-42(36)44;1-2-3/h1-48,67-70H;1-32H;3H. The van der Waals surface area contributed by atoms with Gasteiger partial charge in [0.25, 0.3) is 7.98 Å². The van der Waals surface area contributed by atoms with E-state index in [4.69, 9.17) is 0 Å². The number of hydrogen-bond donors (Lipinski definition) is 0. The van der Waals surface area contributed by atoms with E-state index in [0.29, 0.717) is 0 Å². The van der Waals surface area contributed by atoms with Gasteiger partial charge in [-0.1, -0.05) is 425 Å². The molecule has 0 heterocycles. The highest BCUT2D eigenvalue weighted by atomic mass is 31.0. The maximum absolute atomic E-state index is 4.39. The Hall–Kier alpha value is -14.5. The average Bonchev–Trinajstić information content (AvgIpc) is 0.791. The van der Waals surface area contributed by atoms with E-state index >= 15 is 0 Å². The van der Waals surface area contributed by atoms with Crippen LogP contribution in [-0.2, 0) is 0 Å². The largest absolute Gasteiger partial charge is 0.344 e. The van der Waals surface area contributed by atoms with E-state index in [9.17, 15) is 0 Å². The molecule has 3 nitrogen and oxygen atoms in total. The molecule has 0 aromatic heterocycles. The lowest BCUT2D eigenvalue weighted by molar-refractivity contribution is 0.935. The molecule has 0 aliphatic heterocycles. The van der Waals surface area contributed by atoms with E-state index in [1.165, 1.54) is 132 Å². The van der Waals surface area contributed by atoms with Crippen LogP contribution >= 0.6 is 9.03 Å². The third-order valence-corrected chi connectivity index (χ3v) is 23.2. The monoisotopic (exact) mass is 1540 g/mol. The topological polar surface area (TPSA) is 18.8 Å². The molecule has 20 aromatic rings. The predicted octanol–water partition coefficient (Wildman–Crippen LogP) is 30.9. The molecule has 20 aromatic carbocycles. The van der Waals surface area contributed by atoms with E-state index < -0.39 is 0 Å². The summed E-state index contributed by atoms with van der Waals surface area (Å²) < 4.78 is 2.81. The lowest BCUT2D eigenvalue weighted by Crippen LogP contribution is -2.10. The van der Waals surface area contributed by atoms with Crippen LogP contribution in [0.4, 0.5) is 34.1 Å². The van der Waals surface area contributed by atoms with Crippen LogP contribution in [0.25, 0.3) is 65.0 Å². The Kier molecular flexibility index (Phi) is 22.7. The summed E-state index contributed by atoms with van der Waals surface area (Å²) >= 11 is 0. The summed E-state index contributed by atoms with van der Waals surface area (Å²) in [5, 5.41) is 12.5. The molecule has 3 unspecified atom stereocenters. The lowest BCUT2D eigenvalue weighted by atomic mass is 9.79. The predicted molar refractivity (Wildman–Crippen MR) is 507 cm³/mol. The highest BCUT2D eigenvalue weighted by molar-refractivity contribution is 7.05. The van der Waals surface area contributed by atoms with Crippen molar-refractivity contribution in [3.05, 3.63) is 552 Å². The highest BCUT2D eigenvalue weighted by Gasteiger charge is 2.26. The molecule has 564 valence electrons. The second kappa shape index (κ2) is 35.7. The molecule has 20 rings (SSSR count). The van der Waals surface area contributed by atoms with Crippen LogP contribution in [0.5, 0.6) is 0 Å². The summed E-state index contributed by atoms with van der Waals surface area (Å²) in [4.78, 5) is 4.69. The SMILES string of the molecule is [B]N=P.c1ccc(C(c2ccc(C(c3ccc(C(c4ccccc4)c4ccc5ccccc5c4)cc3)c3ccc(C(c4ccccc4)c4ccc5ccccc5c4)cc3)cc2)c2ccc3ccccc3c2)cc1.c1ccc(N(c2ccc(-c3ccc(N(c4ccccc4)c4cccc5ccccc45)cc3)cc2)c2cccc3ccccc23)cc1. The van der Waals surface area contributed by atoms with Gasteiger partial charge in [0.15, 0.2) is 0 Å². The zero-order valence-electron chi connectivity index (χ0n) is 65.9. The van der Waals surface area contributed by atoms with Crippen molar-refractivity contribution in [2.75, 3.05) is 9.80 Å². The van der Waals surface area contributed by atoms with Crippen molar-refractivity contribution in [1.82, 2.24) is 0 Å². The molecule has 3 atom stereocenters. The summed E-state index contributed by atoms with van der Waals surface area (Å²) in [6, 6.07) is 177. The van der Waals surface area contributed by atoms with Gasteiger partial charge in [-0.2, -0.15) is 0 Å². The lowest BCUT2D eigenvalue weighted by Gasteiger charge is -2.27. The summed E-state index contributed by atoms with van der Waals surface area (Å²) in [6.45, 7) is 0. The molecule has 0 fully saturated rings. The molecule has 0 aliphatic carbocycles. The van der Waals surface area contributed by atoms with E-state index in [0.717, 1.165) is 34.1 Å². The van der Waals surface area contributed by atoms with Crippen LogP contribution in [0.15, 0.2) is 490 Å². The zero-order chi connectivity index (χ0) is 80.1. The second-order valence-corrected chi connectivity index (χ2v) is 30.6. The molecule has 0 bridgehead atoms. The zero-order valence-corrected chi connectivity index (χ0v) is 66.9. The van der Waals surface area contributed by atoms with Crippen LogP contribution in [0, 0.1) is 0 Å². The van der Waals surface area contributed by atoms with Crippen molar-refractivity contribution < 1.29 is 0 Å². The Morgan fingerprint density at radius 3 is 0.664 bits per heavy atom. The molecule has 2 radical (unpaired) electrons. The summed E-state index contributed by atoms with van der Waals surface area (Å²) in [5.74, 6) is 0.269. The molecular formula is C114H85BN3P. The number of rotatable bonds is 19. The quantitative estimate of drug-likeness (QED) is 0.0456. The van der Waals surface area contributed by atoms with E-state index in [2.05, 4.69) is 517 Å². The molecule has 0 saturated heterocycles. The summed E-state index contributed by atoms with van der Waals surface area (Å²) in [7, 11) is 6.97. The van der Waals surface area contributed by atoms with E-state index in [1.54, 1.807) is 0 Å². The van der Waals surface area contributed by atoms with Gasteiger partial charge in [-0.15, -0.1) is 0 Å². The van der Waals surface area contributed by atoms with Gasteiger partial charge in [-0.25, -0.2) is 0 Å². The maximum atomic E-state index is 4.39. The van der Waals surface area contributed by atoms with Crippen molar-refractivity contribution >= 4 is 105 Å². The third-order valence-electron chi connectivity index (χ3n) is 23.2. The van der Waals surface area contributed by atoms with Gasteiger partial charge in [0.1, 0.15) is 0 Å². The molecule has 0 amide bonds. The van der Waals surface area contributed by atoms with Crippen molar-refractivity contribution in [1.29, 1.82) is 0 Å². The number of nitrogens with zero attached hydrogens (tertiary/aromatic N) is 3. The maximum Gasteiger partial charge on any atom is 0.265 e. The number of fused-ring (bicyclic) bond motifs is 5. The molecular weight excluding hydrogens is 1450 g/mol. The van der Waals surface area contributed by atoms with Crippen molar-refractivity contribution in [2.24, 2.45) is 4.66 Å². The fourth-order valence-electron chi connectivity index (χ4n) is 17.5. The molecule has 0 saturated carbocycles. The number of benzene rings is 20. The smallest absolute Gasteiger partial charge is 0.265 e. The van der Waals surface area contributed by atoms with Crippen molar-refractivity contribution in [3.63, 3.8) is 0 Å². The molecule has 5 heteroatoms. The minimum Gasteiger partial charge on any atom is -0.344 e. The van der Waals surface area contributed by atoms with Crippen LogP contribution in [0.1, 0.15) is 90.4 Å². The van der Waals surface area contributed by atoms with Crippen LogP contribution in [0.3, 0.4) is 0 Å². The van der Waals surface area contributed by atoms with Gasteiger partial charge in [0, 0.05) is 57.2 Å². The van der Waals surface area contributed by atoms with Gasteiger partial charge in [0.05, 0.1) is 11.4 Å². The minimum atomic E-state index is -0.000294. The van der Waals surface area contributed by atoms with Crippen LogP contribution in [0.2, 0.25) is 0 Å². The Labute approximate surface area is 701 Å². The summed E-state index contributed by atoms with van der Waals surface area (Å²) in [6.07, 6.45) is 0. The molecule has 0 aliphatic rings. The Bertz CT molecular complexity index is 6240. The van der Waals surface area contributed by atoms with Gasteiger partial charge < -0.3 is 14.5 Å². The molecule has 0 spiro atoms. The van der Waals surface area contributed by atoms with E-state index in [-0.39, 0.29) is 23.7 Å². The molecule has 119 heavy (non-hydrogen) atoms. The van der Waals surface area contributed by atoms with Gasteiger partial charge in [-0.3, -0.25) is 0 Å². The fourth-order valence-corrected chi connectivity index (χ4v) is 17.5. The Morgan fingerprint density at radius 1 is 0.176 bits per heavy atom. The minimum absolute atomic E-state index is 0.000294. The van der Waals surface area contributed by atoms with Crippen molar-refractivity contribution in [3.8, 4) is 11.1 Å². The van der Waals surface area contributed by atoms with Crippen molar-refractivity contribution in [2.45, 2.75) is 23.7 Å². The average molecular weight is 1540 g/mol. The number of anilines is 6. The fraction of sp³-hybridized carbons (Fsp3) is 0.0351. The second-order valence-electron chi connectivity index (χ2n) is 30.3. The highest BCUT2D eigenvalue weighted by Crippen LogP contribution is 2.45. The Balaban J connectivity index is 0.000000172. The first-order valence-corrected chi connectivity index (χ1v) is 41.2. The van der Waals surface area contributed by atoms with Crippen LogP contribution in [-0.4, -0.2) is 7.98 Å². The van der Waals surface area contributed by atoms with Crippen LogP contribution < -0.4 is 9.80 Å². The number of hydrogen-bond acceptors (Lipinski definition) is 3. The first kappa shape index (κ1) is 75.8. The third kappa shape index (κ3) is 16.6. The number of para-hydroxylation sites is 2. The van der Waals surface area contributed by atoms with Gasteiger partial charge >= 0.3 is 0 Å². The first-order chi connectivity index (χ1) is 58.9. The normalized spacial score (nSPS) is 12.1. The van der Waals surface area contributed by atoms with Gasteiger partial charge in [-0.05, 0) is 191 Å². The van der Waals surface area contributed by atoms with E-state index in [1.807, 2.05) is 0 Å². The molecule has 0 N–H and O–H groups in total. The van der Waals surface area contributed by atoms with Gasteiger partial charge in [0.2, 0.25) is 0 Å². The summed E-state index contributed by atoms with van der Waals surface area (Å²) in [5.41, 5.74) is 24.5.